The quantitative estimate of drug-likeness (QED) is 0.516. The van der Waals surface area contributed by atoms with Gasteiger partial charge in [0.05, 0.1) is 20.3 Å². The predicted molar refractivity (Wildman–Crippen MR) is 128 cm³/mol. The van der Waals surface area contributed by atoms with Gasteiger partial charge in [0.2, 0.25) is 5.95 Å². The largest absolute Gasteiger partial charge is 0.495 e. The third-order valence-corrected chi connectivity index (χ3v) is 6.62. The van der Waals surface area contributed by atoms with Crippen molar-refractivity contribution >= 4 is 44.8 Å². The van der Waals surface area contributed by atoms with E-state index in [0.717, 1.165) is 30.3 Å². The van der Waals surface area contributed by atoms with Crippen LogP contribution < -0.4 is 19.7 Å². The zero-order valence-electron chi connectivity index (χ0n) is 18.2. The van der Waals surface area contributed by atoms with Crippen LogP contribution in [-0.2, 0) is 14.8 Å². The van der Waals surface area contributed by atoms with E-state index in [1.807, 2.05) is 13.0 Å². The number of rotatable bonds is 7. The van der Waals surface area contributed by atoms with E-state index in [1.54, 1.807) is 30.3 Å². The molecule has 33 heavy (non-hydrogen) atoms. The maximum absolute atomic E-state index is 12.8. The minimum Gasteiger partial charge on any atom is -0.495 e. The first-order chi connectivity index (χ1) is 15.8. The summed E-state index contributed by atoms with van der Waals surface area (Å²) in [5.41, 5.74) is 1.95. The number of hydrogen-bond acceptors (Lipinski definition) is 8. The molecule has 1 aliphatic rings. The molecule has 0 spiro atoms. The number of ether oxygens (including phenoxy) is 2. The van der Waals surface area contributed by atoms with Crippen molar-refractivity contribution < 1.29 is 17.9 Å². The highest BCUT2D eigenvalue weighted by Crippen LogP contribution is 2.29. The summed E-state index contributed by atoms with van der Waals surface area (Å²) >= 11 is 5.98. The number of aromatic nitrogens is 2. The topological polar surface area (TPSA) is 106 Å². The van der Waals surface area contributed by atoms with Gasteiger partial charge in [0.25, 0.3) is 10.0 Å². The maximum atomic E-state index is 12.8. The lowest BCUT2D eigenvalue weighted by Crippen LogP contribution is -2.36. The van der Waals surface area contributed by atoms with E-state index in [-0.39, 0.29) is 10.6 Å². The molecule has 0 unspecified atom stereocenters. The molecule has 0 radical (unpaired) electrons. The van der Waals surface area contributed by atoms with Crippen LogP contribution in [0.25, 0.3) is 0 Å². The normalized spacial score (nSPS) is 14.1. The second kappa shape index (κ2) is 9.82. The lowest BCUT2D eigenvalue weighted by atomic mass is 10.3. The van der Waals surface area contributed by atoms with Crippen LogP contribution in [0.15, 0.2) is 53.4 Å². The number of anilines is 4. The predicted octanol–water partition coefficient (Wildman–Crippen LogP) is 3.83. The molecule has 0 bridgehead atoms. The van der Waals surface area contributed by atoms with E-state index in [2.05, 4.69) is 24.9 Å². The van der Waals surface area contributed by atoms with Crippen molar-refractivity contribution in [3.05, 3.63) is 59.2 Å². The molecule has 0 saturated carbocycles. The molecular formula is C22H24ClN5O4S. The fraction of sp³-hybridized carbons (Fsp3) is 0.273. The molecule has 3 aromatic rings. The maximum Gasteiger partial charge on any atom is 0.265 e. The lowest BCUT2D eigenvalue weighted by molar-refractivity contribution is 0.122. The summed E-state index contributed by atoms with van der Waals surface area (Å²) in [6.07, 6.45) is 0. The molecular weight excluding hydrogens is 466 g/mol. The average Bonchev–Trinajstić information content (AvgIpc) is 2.80. The Balaban J connectivity index is 1.49. The zero-order chi connectivity index (χ0) is 23.4. The van der Waals surface area contributed by atoms with Gasteiger partial charge in [-0.1, -0.05) is 11.6 Å². The summed E-state index contributed by atoms with van der Waals surface area (Å²) in [4.78, 5) is 11.2. The second-order valence-corrected chi connectivity index (χ2v) is 9.48. The Morgan fingerprint density at radius 1 is 1.03 bits per heavy atom. The highest BCUT2D eigenvalue weighted by molar-refractivity contribution is 7.92. The van der Waals surface area contributed by atoms with Gasteiger partial charge < -0.3 is 19.7 Å². The lowest BCUT2D eigenvalue weighted by Gasteiger charge is -2.28. The zero-order valence-corrected chi connectivity index (χ0v) is 19.8. The van der Waals surface area contributed by atoms with Crippen LogP contribution >= 0.6 is 11.6 Å². The fourth-order valence-corrected chi connectivity index (χ4v) is 4.88. The van der Waals surface area contributed by atoms with E-state index in [0.29, 0.717) is 29.9 Å². The summed E-state index contributed by atoms with van der Waals surface area (Å²) in [5.74, 6) is 1.51. The van der Waals surface area contributed by atoms with Crippen molar-refractivity contribution in [2.45, 2.75) is 11.8 Å². The summed E-state index contributed by atoms with van der Waals surface area (Å²) in [6, 6.07) is 13.2. The van der Waals surface area contributed by atoms with Gasteiger partial charge in [0.1, 0.15) is 16.5 Å². The minimum absolute atomic E-state index is 0.0384. The Morgan fingerprint density at radius 2 is 1.73 bits per heavy atom. The number of hydrogen-bond donors (Lipinski definition) is 2. The number of nitrogens with zero attached hydrogens (tertiary/aromatic N) is 3. The van der Waals surface area contributed by atoms with E-state index >= 15 is 0 Å². The van der Waals surface area contributed by atoms with Crippen LogP contribution in [0.3, 0.4) is 0 Å². The molecule has 11 heteroatoms. The van der Waals surface area contributed by atoms with E-state index < -0.39 is 10.0 Å². The molecule has 0 atom stereocenters. The SMILES string of the molecule is COc1ccc(Cl)cc1S(=O)(=O)Nc1ccc(Nc2nc(C)cc(N3CCOCC3)n2)cc1. The standard InChI is InChI=1S/C22H24ClN5O4S/c1-15-13-21(28-9-11-32-12-10-28)26-22(24-15)25-17-4-6-18(7-5-17)27-33(29,30)20-14-16(23)3-8-19(20)31-2/h3-8,13-14,27H,9-12H2,1-2H3,(H,24,25,26). The van der Waals surface area contributed by atoms with Crippen molar-refractivity contribution in [2.75, 3.05) is 48.4 Å². The van der Waals surface area contributed by atoms with Crippen molar-refractivity contribution in [3.63, 3.8) is 0 Å². The molecule has 2 heterocycles. The monoisotopic (exact) mass is 489 g/mol. The fourth-order valence-electron chi connectivity index (χ4n) is 3.38. The third-order valence-electron chi connectivity index (χ3n) is 4.98. The molecule has 2 N–H and O–H groups in total. The molecule has 1 fully saturated rings. The van der Waals surface area contributed by atoms with Gasteiger partial charge in [-0.05, 0) is 49.4 Å². The molecule has 0 aliphatic carbocycles. The van der Waals surface area contributed by atoms with Gasteiger partial charge >= 0.3 is 0 Å². The Bertz CT molecular complexity index is 1230. The smallest absolute Gasteiger partial charge is 0.265 e. The third kappa shape index (κ3) is 5.65. The number of aryl methyl sites for hydroxylation is 1. The Labute approximate surface area is 197 Å². The number of halogens is 1. The second-order valence-electron chi connectivity index (χ2n) is 7.39. The number of benzene rings is 2. The first-order valence-electron chi connectivity index (χ1n) is 10.3. The highest BCUT2D eigenvalue weighted by Gasteiger charge is 2.20. The van der Waals surface area contributed by atoms with Gasteiger partial charge in [0.15, 0.2) is 0 Å². The molecule has 1 aromatic heterocycles. The van der Waals surface area contributed by atoms with Crippen LogP contribution in [0.2, 0.25) is 5.02 Å². The van der Waals surface area contributed by atoms with Crippen molar-refractivity contribution in [1.29, 1.82) is 0 Å². The van der Waals surface area contributed by atoms with Crippen LogP contribution in [0.1, 0.15) is 5.69 Å². The number of morpholine rings is 1. The highest BCUT2D eigenvalue weighted by atomic mass is 35.5. The van der Waals surface area contributed by atoms with Gasteiger partial charge in [-0.25, -0.2) is 13.4 Å². The van der Waals surface area contributed by atoms with Crippen molar-refractivity contribution in [1.82, 2.24) is 9.97 Å². The van der Waals surface area contributed by atoms with E-state index in [4.69, 9.17) is 21.1 Å². The minimum atomic E-state index is -3.89. The van der Waals surface area contributed by atoms with Crippen molar-refractivity contribution in [3.8, 4) is 5.75 Å². The van der Waals surface area contributed by atoms with Crippen LogP contribution in [0, 0.1) is 6.92 Å². The molecule has 4 rings (SSSR count). The van der Waals surface area contributed by atoms with Gasteiger partial charge in [-0.3, -0.25) is 4.72 Å². The van der Waals surface area contributed by atoms with E-state index in [1.165, 1.54) is 19.2 Å². The van der Waals surface area contributed by atoms with Gasteiger partial charge in [0, 0.05) is 41.2 Å². The summed E-state index contributed by atoms with van der Waals surface area (Å²) in [5, 5.41) is 3.47. The Kier molecular flexibility index (Phi) is 6.87. The number of sulfonamides is 1. The molecule has 0 amide bonds. The molecule has 1 saturated heterocycles. The summed E-state index contributed by atoms with van der Waals surface area (Å²) < 4.78 is 38.8. The first kappa shape index (κ1) is 23.1. The molecule has 9 nitrogen and oxygen atoms in total. The average molecular weight is 490 g/mol. The Hall–Kier alpha value is -3.08. The summed E-state index contributed by atoms with van der Waals surface area (Å²) in [6.45, 7) is 4.82. The van der Waals surface area contributed by atoms with Crippen LogP contribution in [-0.4, -0.2) is 51.8 Å². The number of nitrogens with one attached hydrogen (secondary N) is 2. The van der Waals surface area contributed by atoms with Crippen molar-refractivity contribution in [2.24, 2.45) is 0 Å². The Morgan fingerprint density at radius 3 is 2.42 bits per heavy atom. The molecule has 174 valence electrons. The van der Waals surface area contributed by atoms with Crippen LogP contribution in [0.5, 0.6) is 5.75 Å². The summed E-state index contributed by atoms with van der Waals surface area (Å²) in [7, 11) is -2.49. The van der Waals surface area contributed by atoms with Gasteiger partial charge in [-0.15, -0.1) is 0 Å². The van der Waals surface area contributed by atoms with E-state index in [9.17, 15) is 8.42 Å². The molecule has 2 aromatic carbocycles. The first-order valence-corrected chi connectivity index (χ1v) is 12.1. The number of methoxy groups -OCH3 is 1. The molecule has 1 aliphatic heterocycles. The van der Waals surface area contributed by atoms with Gasteiger partial charge in [-0.2, -0.15) is 4.98 Å². The van der Waals surface area contributed by atoms with Crippen LogP contribution in [0.4, 0.5) is 23.1 Å².